The molecular weight excluding hydrogens is 279 g/mol. The van der Waals surface area contributed by atoms with Crippen LogP contribution in [-0.2, 0) is 5.41 Å². The molecule has 0 bridgehead atoms. The fourth-order valence-electron chi connectivity index (χ4n) is 1.81. The van der Waals surface area contributed by atoms with Crippen LogP contribution >= 0.6 is 11.6 Å². The van der Waals surface area contributed by atoms with E-state index in [2.05, 4.69) is 15.3 Å². The maximum absolute atomic E-state index is 13.0. The minimum absolute atomic E-state index is 0.212. The Bertz CT molecular complexity index is 599. The zero-order chi connectivity index (χ0) is 14.8. The third-order valence-corrected chi connectivity index (χ3v) is 3.51. The molecule has 0 aliphatic rings. The lowest BCUT2D eigenvalue weighted by atomic mass is 9.84. The first kappa shape index (κ1) is 14.5. The molecule has 1 aromatic heterocycles. The highest BCUT2D eigenvalue weighted by Crippen LogP contribution is 2.27. The highest BCUT2D eigenvalue weighted by Gasteiger charge is 2.21. The Balaban J connectivity index is 2.12. The third-order valence-electron chi connectivity index (χ3n) is 3.14. The van der Waals surface area contributed by atoms with Crippen LogP contribution in [0.2, 0.25) is 5.02 Å². The Labute approximate surface area is 122 Å². The van der Waals surface area contributed by atoms with Gasteiger partial charge in [-0.15, -0.1) is 0 Å². The second-order valence-corrected chi connectivity index (χ2v) is 5.54. The lowest BCUT2D eigenvalue weighted by Gasteiger charge is -2.26. The zero-order valence-corrected chi connectivity index (χ0v) is 12.1. The molecule has 1 heterocycles. The predicted octanol–water partition coefficient (Wildman–Crippen LogP) is 3.24. The third kappa shape index (κ3) is 3.17. The van der Waals surface area contributed by atoms with Crippen molar-refractivity contribution < 1.29 is 4.39 Å². The van der Waals surface area contributed by atoms with E-state index >= 15 is 0 Å². The van der Waals surface area contributed by atoms with Crippen LogP contribution in [0.15, 0.2) is 30.6 Å². The van der Waals surface area contributed by atoms with Crippen molar-refractivity contribution in [1.29, 1.82) is 0 Å². The normalized spacial score (nSPS) is 11.4. The first-order chi connectivity index (χ1) is 9.40. The predicted molar refractivity (Wildman–Crippen MR) is 79.4 cm³/mol. The van der Waals surface area contributed by atoms with E-state index in [0.717, 1.165) is 5.56 Å². The zero-order valence-electron chi connectivity index (χ0n) is 11.3. The molecule has 2 rings (SSSR count). The second-order valence-electron chi connectivity index (χ2n) is 5.17. The van der Waals surface area contributed by atoms with Gasteiger partial charge in [0.25, 0.3) is 0 Å². The molecule has 4 nitrogen and oxygen atoms in total. The van der Waals surface area contributed by atoms with Crippen LogP contribution in [0.3, 0.4) is 0 Å². The lowest BCUT2D eigenvalue weighted by molar-refractivity contribution is 0.552. The SMILES string of the molecule is CC(C)(CNc1ncnc(N)c1Cl)c1ccc(F)cc1. The van der Waals surface area contributed by atoms with E-state index in [0.29, 0.717) is 17.4 Å². The van der Waals surface area contributed by atoms with Crippen LogP contribution < -0.4 is 11.1 Å². The molecule has 0 spiro atoms. The van der Waals surface area contributed by atoms with Crippen molar-refractivity contribution >= 4 is 23.2 Å². The molecule has 0 saturated heterocycles. The Morgan fingerprint density at radius 1 is 1.25 bits per heavy atom. The van der Waals surface area contributed by atoms with Crippen molar-refractivity contribution in [3.8, 4) is 0 Å². The summed E-state index contributed by atoms with van der Waals surface area (Å²) < 4.78 is 13.0. The molecular formula is C14H16ClFN4. The molecule has 0 fully saturated rings. The van der Waals surface area contributed by atoms with Gasteiger partial charge in [0.05, 0.1) is 0 Å². The van der Waals surface area contributed by atoms with Crippen molar-refractivity contribution in [2.45, 2.75) is 19.3 Å². The number of rotatable bonds is 4. The first-order valence-corrected chi connectivity index (χ1v) is 6.54. The molecule has 3 N–H and O–H groups in total. The topological polar surface area (TPSA) is 63.8 Å². The molecule has 0 atom stereocenters. The van der Waals surface area contributed by atoms with E-state index < -0.39 is 0 Å². The lowest BCUT2D eigenvalue weighted by Crippen LogP contribution is -2.28. The number of nitrogens with zero attached hydrogens (tertiary/aromatic N) is 2. The number of hydrogen-bond donors (Lipinski definition) is 2. The Morgan fingerprint density at radius 3 is 2.55 bits per heavy atom. The van der Waals surface area contributed by atoms with Gasteiger partial charge < -0.3 is 11.1 Å². The van der Waals surface area contributed by atoms with Crippen molar-refractivity contribution in [1.82, 2.24) is 9.97 Å². The summed E-state index contributed by atoms with van der Waals surface area (Å²) in [5, 5.41) is 3.46. The van der Waals surface area contributed by atoms with Gasteiger partial charge in [-0.25, -0.2) is 14.4 Å². The summed E-state index contributed by atoms with van der Waals surface area (Å²) in [5.41, 5.74) is 6.43. The molecule has 1 aromatic carbocycles. The van der Waals surface area contributed by atoms with Crippen LogP contribution in [0.5, 0.6) is 0 Å². The number of hydrogen-bond acceptors (Lipinski definition) is 4. The standard InChI is InChI=1S/C14H16ClFN4/c1-14(2,9-3-5-10(16)6-4-9)7-18-13-11(15)12(17)19-8-20-13/h3-6,8H,7H2,1-2H3,(H3,17,18,19,20). The van der Waals surface area contributed by atoms with E-state index in [1.807, 2.05) is 13.8 Å². The molecule has 106 valence electrons. The molecule has 2 aromatic rings. The smallest absolute Gasteiger partial charge is 0.150 e. The van der Waals surface area contributed by atoms with E-state index in [4.69, 9.17) is 17.3 Å². The Morgan fingerprint density at radius 2 is 1.90 bits per heavy atom. The van der Waals surface area contributed by atoms with Gasteiger partial charge in [0.1, 0.15) is 28.8 Å². The van der Waals surface area contributed by atoms with Gasteiger partial charge in [-0.3, -0.25) is 0 Å². The van der Waals surface area contributed by atoms with E-state index in [9.17, 15) is 4.39 Å². The summed E-state index contributed by atoms with van der Waals surface area (Å²) in [4.78, 5) is 7.86. The largest absolute Gasteiger partial charge is 0.382 e. The van der Waals surface area contributed by atoms with Crippen molar-refractivity contribution in [2.24, 2.45) is 0 Å². The molecule has 0 amide bonds. The van der Waals surface area contributed by atoms with Gasteiger partial charge in [-0.05, 0) is 17.7 Å². The number of benzene rings is 1. The fraction of sp³-hybridized carbons (Fsp3) is 0.286. The maximum atomic E-state index is 13.0. The summed E-state index contributed by atoms with van der Waals surface area (Å²) in [6.45, 7) is 4.67. The molecule has 20 heavy (non-hydrogen) atoms. The van der Waals surface area contributed by atoms with Crippen LogP contribution in [0.1, 0.15) is 19.4 Å². The van der Waals surface area contributed by atoms with E-state index in [-0.39, 0.29) is 17.1 Å². The molecule has 0 unspecified atom stereocenters. The molecule has 0 radical (unpaired) electrons. The van der Waals surface area contributed by atoms with Crippen LogP contribution in [-0.4, -0.2) is 16.5 Å². The fourth-order valence-corrected chi connectivity index (χ4v) is 1.98. The number of aromatic nitrogens is 2. The number of nitrogen functional groups attached to an aromatic ring is 1. The highest BCUT2D eigenvalue weighted by molar-refractivity contribution is 6.35. The number of nitrogens with one attached hydrogen (secondary N) is 1. The monoisotopic (exact) mass is 294 g/mol. The second kappa shape index (κ2) is 5.63. The number of nitrogens with two attached hydrogens (primary N) is 1. The minimum Gasteiger partial charge on any atom is -0.382 e. The van der Waals surface area contributed by atoms with Gasteiger partial charge in [0, 0.05) is 12.0 Å². The molecule has 0 aliphatic heterocycles. The van der Waals surface area contributed by atoms with Gasteiger partial charge in [0.2, 0.25) is 0 Å². The quantitative estimate of drug-likeness (QED) is 0.908. The summed E-state index contributed by atoms with van der Waals surface area (Å²) in [5.74, 6) is 0.488. The van der Waals surface area contributed by atoms with E-state index in [1.54, 1.807) is 12.1 Å². The number of anilines is 2. The van der Waals surface area contributed by atoms with Gasteiger partial charge in [-0.1, -0.05) is 37.6 Å². The van der Waals surface area contributed by atoms with Gasteiger partial charge in [0.15, 0.2) is 0 Å². The Kier molecular flexibility index (Phi) is 4.09. The molecule has 6 heteroatoms. The van der Waals surface area contributed by atoms with Gasteiger partial charge >= 0.3 is 0 Å². The summed E-state index contributed by atoms with van der Waals surface area (Å²) in [6, 6.07) is 6.44. The number of halogens is 2. The highest BCUT2D eigenvalue weighted by atomic mass is 35.5. The van der Waals surface area contributed by atoms with E-state index in [1.165, 1.54) is 18.5 Å². The molecule has 0 aliphatic carbocycles. The average Bonchev–Trinajstić information content (AvgIpc) is 2.41. The van der Waals surface area contributed by atoms with Crippen LogP contribution in [0.4, 0.5) is 16.0 Å². The summed E-state index contributed by atoms with van der Waals surface area (Å²) in [7, 11) is 0. The van der Waals surface area contributed by atoms with Crippen molar-refractivity contribution in [2.75, 3.05) is 17.6 Å². The van der Waals surface area contributed by atoms with Gasteiger partial charge in [-0.2, -0.15) is 0 Å². The minimum atomic E-state index is -0.246. The maximum Gasteiger partial charge on any atom is 0.150 e. The van der Waals surface area contributed by atoms with Crippen LogP contribution in [0.25, 0.3) is 0 Å². The molecule has 0 saturated carbocycles. The average molecular weight is 295 g/mol. The Hall–Kier alpha value is -1.88. The first-order valence-electron chi connectivity index (χ1n) is 6.16. The van der Waals surface area contributed by atoms with Crippen molar-refractivity contribution in [3.05, 3.63) is 47.0 Å². The van der Waals surface area contributed by atoms with Crippen LogP contribution in [0, 0.1) is 5.82 Å². The van der Waals surface area contributed by atoms with Crippen molar-refractivity contribution in [3.63, 3.8) is 0 Å². The summed E-state index contributed by atoms with van der Waals surface area (Å²) in [6.07, 6.45) is 1.36. The summed E-state index contributed by atoms with van der Waals surface area (Å²) >= 11 is 6.03.